The van der Waals surface area contributed by atoms with Gasteiger partial charge in [-0.05, 0) is 26.2 Å². The molecule has 0 aromatic heterocycles. The average Bonchev–Trinajstić information content (AvgIpc) is 2.70. The molecule has 2 amide bonds. The van der Waals surface area contributed by atoms with E-state index in [1.54, 1.807) is 11.8 Å². The number of hydrogen-bond donors (Lipinski definition) is 0. The highest BCUT2D eigenvalue weighted by Crippen LogP contribution is 2.34. The van der Waals surface area contributed by atoms with E-state index in [9.17, 15) is 9.59 Å². The van der Waals surface area contributed by atoms with Crippen molar-refractivity contribution in [3.8, 4) is 0 Å². The van der Waals surface area contributed by atoms with Gasteiger partial charge in [0.2, 0.25) is 11.8 Å². The highest BCUT2D eigenvalue weighted by atomic mass is 32.2. The van der Waals surface area contributed by atoms with E-state index in [2.05, 4.69) is 20.8 Å². The molecule has 1 unspecified atom stereocenters. The van der Waals surface area contributed by atoms with Crippen LogP contribution in [-0.2, 0) is 14.3 Å². The second kappa shape index (κ2) is 11.1. The largest absolute Gasteiger partial charge is 0.382 e. The Morgan fingerprint density at radius 2 is 1.82 bits per heavy atom. The molecule has 0 aliphatic carbocycles. The van der Waals surface area contributed by atoms with Crippen molar-refractivity contribution in [2.45, 2.75) is 77.2 Å². The van der Waals surface area contributed by atoms with Gasteiger partial charge in [0.25, 0.3) is 0 Å². The first-order valence-corrected chi connectivity index (χ1v) is 9.33. The molecule has 0 radical (unpaired) electrons. The minimum atomic E-state index is -0.189. The summed E-state index contributed by atoms with van der Waals surface area (Å²) in [5, 5.41) is -0.189. The van der Waals surface area contributed by atoms with Gasteiger partial charge in [0.1, 0.15) is 0 Å². The first-order valence-electron chi connectivity index (χ1n) is 8.45. The minimum absolute atomic E-state index is 0.000247. The number of carbonyl (C=O) groups excluding carboxylic acids is 2. The van der Waals surface area contributed by atoms with Gasteiger partial charge in [-0.1, -0.05) is 34.6 Å². The molecule has 1 fully saturated rings. The Morgan fingerprint density at radius 1 is 1.18 bits per heavy atom. The maximum atomic E-state index is 12.2. The van der Waals surface area contributed by atoms with Crippen LogP contribution in [0.4, 0.5) is 0 Å². The molecule has 0 bridgehead atoms. The highest BCUT2D eigenvalue weighted by Gasteiger charge is 2.40. The van der Waals surface area contributed by atoms with Crippen LogP contribution in [0.25, 0.3) is 0 Å². The predicted molar refractivity (Wildman–Crippen MR) is 94.2 cm³/mol. The third-order valence-electron chi connectivity index (χ3n) is 3.07. The summed E-state index contributed by atoms with van der Waals surface area (Å²) in [6.45, 7) is 14.3. The van der Waals surface area contributed by atoms with Crippen molar-refractivity contribution < 1.29 is 14.3 Å². The van der Waals surface area contributed by atoms with E-state index < -0.39 is 0 Å². The fraction of sp³-hybridized carbons (Fsp3) is 0.882. The lowest BCUT2D eigenvalue weighted by Gasteiger charge is -2.21. The van der Waals surface area contributed by atoms with E-state index in [4.69, 9.17) is 4.74 Å². The van der Waals surface area contributed by atoms with Gasteiger partial charge < -0.3 is 4.74 Å². The Morgan fingerprint density at radius 3 is 2.36 bits per heavy atom. The minimum Gasteiger partial charge on any atom is -0.382 e. The maximum absolute atomic E-state index is 12.2. The summed E-state index contributed by atoms with van der Waals surface area (Å²) in [4.78, 5) is 25.6. The third-order valence-corrected chi connectivity index (χ3v) is 4.43. The molecule has 4 nitrogen and oxygen atoms in total. The molecule has 5 heteroatoms. The number of likely N-dealkylation sites (tertiary alicyclic amines) is 1. The summed E-state index contributed by atoms with van der Waals surface area (Å²) in [5.74, 6) is -0.0127. The molecule has 1 saturated heterocycles. The predicted octanol–water partition coefficient (Wildman–Crippen LogP) is 3.88. The monoisotopic (exact) mass is 331 g/mol. The second-order valence-corrected chi connectivity index (χ2v) is 8.09. The van der Waals surface area contributed by atoms with Crippen LogP contribution in [0, 0.1) is 0 Å². The molecule has 1 heterocycles. The van der Waals surface area contributed by atoms with Gasteiger partial charge in [-0.3, -0.25) is 14.5 Å². The van der Waals surface area contributed by atoms with Gasteiger partial charge in [-0.25, -0.2) is 0 Å². The van der Waals surface area contributed by atoms with Crippen molar-refractivity contribution in [2.75, 3.05) is 19.8 Å². The molecule has 0 aromatic rings. The Bertz CT molecular complexity index is 339. The van der Waals surface area contributed by atoms with Crippen LogP contribution < -0.4 is 0 Å². The van der Waals surface area contributed by atoms with Gasteiger partial charge in [-0.15, -0.1) is 11.8 Å². The molecular formula is C17H33NO3S. The summed E-state index contributed by atoms with van der Waals surface area (Å²) in [6, 6.07) is 0. The summed E-state index contributed by atoms with van der Waals surface area (Å²) in [5.41, 5.74) is 0. The summed E-state index contributed by atoms with van der Waals surface area (Å²) in [7, 11) is 0. The standard InChI is InChI=1S/C15H27NO3S.C2H6/c1-5-19-10-8-6-7-9-16-13(17)11-12(14(16)18)20-15(2,3)4;1-2/h12H,5-11H2,1-4H3;1-2H3. The highest BCUT2D eigenvalue weighted by molar-refractivity contribution is 8.01. The molecule has 1 aliphatic rings. The molecular weight excluding hydrogens is 298 g/mol. The van der Waals surface area contributed by atoms with E-state index in [1.165, 1.54) is 4.90 Å². The molecule has 1 rings (SSSR count). The Balaban J connectivity index is 0.00000211. The van der Waals surface area contributed by atoms with Crippen molar-refractivity contribution >= 4 is 23.6 Å². The van der Waals surface area contributed by atoms with Crippen LogP contribution in [-0.4, -0.2) is 46.5 Å². The molecule has 0 aromatic carbocycles. The topological polar surface area (TPSA) is 46.6 Å². The van der Waals surface area contributed by atoms with Crippen molar-refractivity contribution in [1.29, 1.82) is 0 Å². The first kappa shape index (κ1) is 21.4. The zero-order chi connectivity index (χ0) is 17.2. The smallest absolute Gasteiger partial charge is 0.242 e. The van der Waals surface area contributed by atoms with Gasteiger partial charge in [0, 0.05) is 30.9 Å². The maximum Gasteiger partial charge on any atom is 0.242 e. The molecule has 1 aliphatic heterocycles. The van der Waals surface area contributed by atoms with Crippen LogP contribution in [0.15, 0.2) is 0 Å². The fourth-order valence-corrected chi connectivity index (χ4v) is 3.51. The second-order valence-electron chi connectivity index (χ2n) is 6.06. The van der Waals surface area contributed by atoms with Gasteiger partial charge in [0.15, 0.2) is 0 Å². The average molecular weight is 332 g/mol. The van der Waals surface area contributed by atoms with Crippen LogP contribution in [0.5, 0.6) is 0 Å². The van der Waals surface area contributed by atoms with Crippen LogP contribution >= 0.6 is 11.8 Å². The number of hydrogen-bond acceptors (Lipinski definition) is 4. The van der Waals surface area contributed by atoms with Crippen molar-refractivity contribution in [1.82, 2.24) is 4.90 Å². The Labute approximate surface area is 140 Å². The van der Waals surface area contributed by atoms with Crippen molar-refractivity contribution in [2.24, 2.45) is 0 Å². The number of thioether (sulfide) groups is 1. The number of ether oxygens (including phenoxy) is 1. The van der Waals surface area contributed by atoms with Gasteiger partial charge >= 0.3 is 0 Å². The fourth-order valence-electron chi connectivity index (χ4n) is 2.20. The Kier molecular flexibility index (Phi) is 10.8. The summed E-state index contributed by atoms with van der Waals surface area (Å²) >= 11 is 1.60. The third kappa shape index (κ3) is 8.18. The molecule has 22 heavy (non-hydrogen) atoms. The number of rotatable bonds is 8. The SMILES string of the molecule is CC.CCOCCCCCN1C(=O)CC(SC(C)(C)C)C1=O. The quantitative estimate of drug-likeness (QED) is 0.500. The van der Waals surface area contributed by atoms with Crippen molar-refractivity contribution in [3.05, 3.63) is 0 Å². The zero-order valence-corrected chi connectivity index (χ0v) is 15.9. The Hall–Kier alpha value is -0.550. The van der Waals surface area contributed by atoms with Crippen LogP contribution in [0.3, 0.4) is 0 Å². The summed E-state index contributed by atoms with van der Waals surface area (Å²) < 4.78 is 5.28. The van der Waals surface area contributed by atoms with Gasteiger partial charge in [-0.2, -0.15) is 0 Å². The lowest BCUT2D eigenvalue weighted by molar-refractivity contribution is -0.138. The number of nitrogens with zero attached hydrogens (tertiary/aromatic N) is 1. The van der Waals surface area contributed by atoms with E-state index in [1.807, 2.05) is 20.8 Å². The van der Waals surface area contributed by atoms with Gasteiger partial charge in [0.05, 0.1) is 5.25 Å². The van der Waals surface area contributed by atoms with E-state index >= 15 is 0 Å². The van der Waals surface area contributed by atoms with E-state index in [0.29, 0.717) is 13.0 Å². The summed E-state index contributed by atoms with van der Waals surface area (Å²) in [6.07, 6.45) is 3.22. The van der Waals surface area contributed by atoms with E-state index in [-0.39, 0.29) is 21.8 Å². The first-order chi connectivity index (χ1) is 10.3. The molecule has 0 spiro atoms. The number of imide groups is 1. The number of amides is 2. The normalized spacial score (nSPS) is 18.5. The molecule has 0 N–H and O–H groups in total. The lowest BCUT2D eigenvalue weighted by atomic mass is 10.2. The molecule has 130 valence electrons. The molecule has 0 saturated carbocycles. The zero-order valence-electron chi connectivity index (χ0n) is 15.1. The van der Waals surface area contributed by atoms with Crippen molar-refractivity contribution in [3.63, 3.8) is 0 Å². The van der Waals surface area contributed by atoms with Crippen LogP contribution in [0.2, 0.25) is 0 Å². The number of carbonyl (C=O) groups is 2. The van der Waals surface area contributed by atoms with Crippen LogP contribution in [0.1, 0.15) is 67.2 Å². The number of unbranched alkanes of at least 4 members (excludes halogenated alkanes) is 2. The lowest BCUT2D eigenvalue weighted by Crippen LogP contribution is -2.33. The van der Waals surface area contributed by atoms with E-state index in [0.717, 1.165) is 32.5 Å². The molecule has 1 atom stereocenters.